The van der Waals surface area contributed by atoms with Crippen LogP contribution in [0.25, 0.3) is 0 Å². The largest absolute Gasteiger partial charge is 0.494 e. The maximum atomic E-state index is 15.0. The van der Waals surface area contributed by atoms with Crippen molar-refractivity contribution in [3.63, 3.8) is 0 Å². The highest BCUT2D eigenvalue weighted by molar-refractivity contribution is 6.02. The minimum absolute atomic E-state index is 0.241. The topological polar surface area (TPSA) is 95.1 Å². The molecule has 216 valence electrons. The molecule has 2 unspecified atom stereocenters. The summed E-state index contributed by atoms with van der Waals surface area (Å²) in [6, 6.07) is 11.0. The smallest absolute Gasteiger partial charge is 0.247 e. The minimum Gasteiger partial charge on any atom is -0.494 e. The van der Waals surface area contributed by atoms with Crippen LogP contribution in [0.2, 0.25) is 0 Å². The van der Waals surface area contributed by atoms with Crippen LogP contribution in [-0.2, 0) is 9.63 Å². The Morgan fingerprint density at radius 1 is 1.22 bits per heavy atom. The Bertz CT molecular complexity index is 1430. The Morgan fingerprint density at radius 3 is 2.78 bits per heavy atom. The van der Waals surface area contributed by atoms with E-state index in [2.05, 4.69) is 51.1 Å². The van der Waals surface area contributed by atoms with Crippen LogP contribution in [0.1, 0.15) is 30.0 Å². The number of aromatic nitrogens is 2. The van der Waals surface area contributed by atoms with Crippen LogP contribution in [0.3, 0.4) is 0 Å². The van der Waals surface area contributed by atoms with E-state index in [1.807, 2.05) is 18.2 Å². The summed E-state index contributed by atoms with van der Waals surface area (Å²) in [7, 11) is 5.75. The highest BCUT2D eigenvalue weighted by atomic mass is 19.1. The first-order valence-electron chi connectivity index (χ1n) is 13.6. The van der Waals surface area contributed by atoms with Gasteiger partial charge in [-0.25, -0.2) is 19.4 Å². The number of hydrogen-bond acceptors (Lipinski definition) is 9. The third kappa shape index (κ3) is 5.96. The second-order valence-electron chi connectivity index (χ2n) is 10.4. The Hall–Kier alpha value is -4.22. The molecule has 2 atom stereocenters. The molecule has 0 bridgehead atoms. The van der Waals surface area contributed by atoms with Crippen molar-refractivity contribution in [2.75, 3.05) is 61.5 Å². The molecule has 1 aromatic heterocycles. The van der Waals surface area contributed by atoms with E-state index in [1.54, 1.807) is 37.3 Å². The number of methoxy groups -OCH3 is 1. The van der Waals surface area contributed by atoms with Gasteiger partial charge < -0.3 is 25.2 Å². The van der Waals surface area contributed by atoms with E-state index in [0.29, 0.717) is 59.0 Å². The molecule has 11 heteroatoms. The van der Waals surface area contributed by atoms with Gasteiger partial charge in [0.2, 0.25) is 5.91 Å². The molecule has 3 aromatic rings. The summed E-state index contributed by atoms with van der Waals surface area (Å²) < 4.78 is 20.7. The first kappa shape index (κ1) is 28.3. The minimum atomic E-state index is -0.321. The molecule has 3 heterocycles. The third-order valence-corrected chi connectivity index (χ3v) is 7.62. The molecular formula is C30H36FN7O3. The summed E-state index contributed by atoms with van der Waals surface area (Å²) >= 11 is 0. The Morgan fingerprint density at radius 2 is 2.05 bits per heavy atom. The van der Waals surface area contributed by atoms with Gasteiger partial charge in [0.25, 0.3) is 0 Å². The summed E-state index contributed by atoms with van der Waals surface area (Å²) in [5, 5.41) is 7.88. The zero-order valence-corrected chi connectivity index (χ0v) is 23.9. The van der Waals surface area contributed by atoms with Gasteiger partial charge in [0.15, 0.2) is 5.82 Å². The van der Waals surface area contributed by atoms with Crippen LogP contribution in [0.5, 0.6) is 5.75 Å². The summed E-state index contributed by atoms with van der Waals surface area (Å²) in [5.74, 6) is 1.01. The number of hydroxylamine groups is 1. The van der Waals surface area contributed by atoms with Gasteiger partial charge in [-0.05, 0) is 45.1 Å². The van der Waals surface area contributed by atoms with E-state index in [-0.39, 0.29) is 17.8 Å². The van der Waals surface area contributed by atoms with Gasteiger partial charge in [0.1, 0.15) is 23.7 Å². The molecule has 2 aliphatic heterocycles. The van der Waals surface area contributed by atoms with Crippen molar-refractivity contribution in [1.29, 1.82) is 0 Å². The van der Waals surface area contributed by atoms with Crippen molar-refractivity contribution in [3.05, 3.63) is 72.3 Å². The molecule has 0 saturated carbocycles. The molecule has 2 aromatic carbocycles. The van der Waals surface area contributed by atoms with Gasteiger partial charge >= 0.3 is 0 Å². The number of carbonyl (C=O) groups is 1. The second-order valence-corrected chi connectivity index (χ2v) is 10.4. The summed E-state index contributed by atoms with van der Waals surface area (Å²) in [4.78, 5) is 31.5. The average Bonchev–Trinajstić information content (AvgIpc) is 3.66. The van der Waals surface area contributed by atoms with Gasteiger partial charge in [0.05, 0.1) is 36.8 Å². The molecule has 41 heavy (non-hydrogen) atoms. The lowest BCUT2D eigenvalue weighted by Crippen LogP contribution is -2.31. The number of halogens is 1. The van der Waals surface area contributed by atoms with Crippen LogP contribution in [0.4, 0.5) is 33.1 Å². The molecule has 10 nitrogen and oxygen atoms in total. The Labute approximate surface area is 239 Å². The Kier molecular flexibility index (Phi) is 8.36. The highest BCUT2D eigenvalue weighted by Gasteiger charge is 2.32. The maximum absolute atomic E-state index is 15.0. The average molecular weight is 562 g/mol. The molecule has 0 spiro atoms. The SMILES string of the molecule is C=CC(=O)Nc1cc(Nc2cc(N3OCCC3c3cccc(C)c3F)ncn2)c(OC)cc1N1CCC(N(C)C)C1. The van der Waals surface area contributed by atoms with E-state index in [4.69, 9.17) is 9.57 Å². The van der Waals surface area contributed by atoms with E-state index in [0.717, 1.165) is 25.2 Å². The van der Waals surface area contributed by atoms with Crippen molar-refractivity contribution in [2.24, 2.45) is 0 Å². The van der Waals surface area contributed by atoms with Crippen LogP contribution < -0.4 is 25.3 Å². The molecule has 2 aliphatic rings. The monoisotopic (exact) mass is 561 g/mol. The van der Waals surface area contributed by atoms with Crippen molar-refractivity contribution in [2.45, 2.75) is 31.8 Å². The van der Waals surface area contributed by atoms with Crippen molar-refractivity contribution >= 4 is 34.6 Å². The lowest BCUT2D eigenvalue weighted by Gasteiger charge is -2.26. The third-order valence-electron chi connectivity index (χ3n) is 7.62. The van der Waals surface area contributed by atoms with Crippen molar-refractivity contribution < 1.29 is 18.8 Å². The number of hydrogen-bond donors (Lipinski definition) is 2. The highest BCUT2D eigenvalue weighted by Crippen LogP contribution is 2.41. The van der Waals surface area contributed by atoms with Crippen molar-refractivity contribution in [1.82, 2.24) is 14.9 Å². The number of carbonyl (C=O) groups excluding carboxylic acids is 1. The van der Waals surface area contributed by atoms with E-state index in [9.17, 15) is 9.18 Å². The van der Waals surface area contributed by atoms with Crippen molar-refractivity contribution in [3.8, 4) is 5.75 Å². The van der Waals surface area contributed by atoms with Gasteiger partial charge in [-0.1, -0.05) is 24.8 Å². The van der Waals surface area contributed by atoms with Gasteiger partial charge in [0, 0.05) is 43.2 Å². The number of benzene rings is 2. The molecule has 0 aliphatic carbocycles. The molecule has 1 amide bonds. The van der Waals surface area contributed by atoms with Crippen LogP contribution in [-0.4, -0.2) is 67.7 Å². The first-order chi connectivity index (χ1) is 19.8. The molecule has 5 rings (SSSR count). The zero-order valence-electron chi connectivity index (χ0n) is 23.9. The zero-order chi connectivity index (χ0) is 29.1. The number of likely N-dealkylation sites (N-methyl/N-ethyl adjacent to an activating group) is 1. The summed E-state index contributed by atoms with van der Waals surface area (Å²) in [5.41, 5.74) is 3.25. The number of aryl methyl sites for hydroxylation is 1. The van der Waals surface area contributed by atoms with Gasteiger partial charge in [-0.2, -0.15) is 0 Å². The fraction of sp³-hybridized carbons (Fsp3) is 0.367. The van der Waals surface area contributed by atoms with Crippen LogP contribution in [0.15, 0.2) is 55.4 Å². The standard InChI is InChI=1S/C30H36FN7O3/c1-6-29(39)35-22-14-23(26(40-5)15-25(22)37-12-10-20(17-37)36(3)4)34-27-16-28(33-18-32-27)38-24(11-13-41-38)21-9-7-8-19(2)30(21)31/h6-9,14-16,18,20,24H,1,10-13,17H2,2-5H3,(H,35,39)(H,32,33,34). The number of amides is 1. The van der Waals surface area contributed by atoms with Crippen LogP contribution in [0, 0.1) is 12.7 Å². The number of anilines is 5. The fourth-order valence-electron chi connectivity index (χ4n) is 5.34. The van der Waals surface area contributed by atoms with E-state index < -0.39 is 0 Å². The molecular weight excluding hydrogens is 525 g/mol. The summed E-state index contributed by atoms with van der Waals surface area (Å²) in [6.07, 6.45) is 4.31. The van der Waals surface area contributed by atoms with Crippen LogP contribution >= 0.6 is 0 Å². The first-order valence-corrected chi connectivity index (χ1v) is 13.6. The number of nitrogens with zero attached hydrogens (tertiary/aromatic N) is 5. The lowest BCUT2D eigenvalue weighted by atomic mass is 10.0. The normalized spacial score (nSPS) is 18.6. The van der Waals surface area contributed by atoms with E-state index >= 15 is 0 Å². The Balaban J connectivity index is 1.45. The molecule has 2 saturated heterocycles. The molecule has 0 radical (unpaired) electrons. The quantitative estimate of drug-likeness (QED) is 0.357. The van der Waals surface area contributed by atoms with Gasteiger partial charge in [-0.15, -0.1) is 0 Å². The fourth-order valence-corrected chi connectivity index (χ4v) is 5.34. The van der Waals surface area contributed by atoms with Gasteiger partial charge in [-0.3, -0.25) is 9.63 Å². The molecule has 2 fully saturated rings. The maximum Gasteiger partial charge on any atom is 0.247 e. The number of nitrogens with one attached hydrogen (secondary N) is 2. The number of rotatable bonds is 9. The summed E-state index contributed by atoms with van der Waals surface area (Å²) in [6.45, 7) is 7.47. The number of ether oxygens (including phenoxy) is 1. The predicted molar refractivity (Wildman–Crippen MR) is 158 cm³/mol. The lowest BCUT2D eigenvalue weighted by molar-refractivity contribution is -0.111. The predicted octanol–water partition coefficient (Wildman–Crippen LogP) is 4.82. The second kappa shape index (κ2) is 12.1. The van der Waals surface area contributed by atoms with E-state index in [1.165, 1.54) is 12.4 Å². The molecule has 2 N–H and O–H groups in total.